The Labute approximate surface area is 117 Å². The number of hydrogen-bond acceptors (Lipinski definition) is 3. The van der Waals surface area contributed by atoms with E-state index in [4.69, 9.17) is 4.74 Å². The Morgan fingerprint density at radius 2 is 2.05 bits per heavy atom. The Morgan fingerprint density at radius 3 is 2.63 bits per heavy atom. The van der Waals surface area contributed by atoms with Crippen LogP contribution in [-0.4, -0.2) is 30.2 Å². The minimum absolute atomic E-state index is 0.0598. The summed E-state index contributed by atoms with van der Waals surface area (Å²) in [5, 5.41) is 9.48. The summed E-state index contributed by atoms with van der Waals surface area (Å²) in [6.45, 7) is 1.93. The fourth-order valence-electron chi connectivity index (χ4n) is 2.74. The van der Waals surface area contributed by atoms with Crippen molar-refractivity contribution in [3.8, 4) is 0 Å². The van der Waals surface area contributed by atoms with Crippen LogP contribution in [0.25, 0.3) is 0 Å². The highest BCUT2D eigenvalue weighted by atomic mass is 16.5. The third kappa shape index (κ3) is 6.88. The van der Waals surface area contributed by atoms with E-state index in [-0.39, 0.29) is 18.0 Å². The van der Waals surface area contributed by atoms with Crippen LogP contribution in [0.5, 0.6) is 0 Å². The molecule has 1 rings (SSSR count). The topological polar surface area (TPSA) is 46.5 Å². The number of carbonyl (C=O) groups is 1. The van der Waals surface area contributed by atoms with Gasteiger partial charge in [0.25, 0.3) is 0 Å². The first-order chi connectivity index (χ1) is 9.15. The van der Waals surface area contributed by atoms with Gasteiger partial charge >= 0.3 is 0 Å². The Balaban J connectivity index is 2.22. The van der Waals surface area contributed by atoms with Gasteiger partial charge in [-0.1, -0.05) is 12.2 Å². The van der Waals surface area contributed by atoms with Gasteiger partial charge in [-0.3, -0.25) is 4.79 Å². The molecule has 0 spiro atoms. The van der Waals surface area contributed by atoms with Crippen molar-refractivity contribution in [2.75, 3.05) is 7.11 Å². The van der Waals surface area contributed by atoms with Gasteiger partial charge < -0.3 is 9.84 Å². The molecular formula is C16H28O3. The molecule has 3 heteroatoms. The maximum absolute atomic E-state index is 11.7. The zero-order valence-electron chi connectivity index (χ0n) is 12.3. The van der Waals surface area contributed by atoms with E-state index in [1.165, 1.54) is 0 Å². The van der Waals surface area contributed by atoms with E-state index < -0.39 is 0 Å². The molecule has 0 unspecified atom stereocenters. The quantitative estimate of drug-likeness (QED) is 0.687. The predicted molar refractivity (Wildman–Crippen MR) is 77.1 cm³/mol. The summed E-state index contributed by atoms with van der Waals surface area (Å²) < 4.78 is 5.42. The largest absolute Gasteiger partial charge is 0.393 e. The number of ether oxygens (including phenoxy) is 1. The summed E-state index contributed by atoms with van der Waals surface area (Å²) in [5.74, 6) is 0.954. The van der Waals surface area contributed by atoms with Gasteiger partial charge in [-0.15, -0.1) is 0 Å². The Morgan fingerprint density at radius 1 is 1.37 bits per heavy atom. The molecule has 0 bridgehead atoms. The lowest BCUT2D eigenvalue weighted by atomic mass is 9.84. The molecule has 0 amide bonds. The van der Waals surface area contributed by atoms with E-state index in [1.54, 1.807) is 7.11 Å². The minimum Gasteiger partial charge on any atom is -0.393 e. The summed E-state index contributed by atoms with van der Waals surface area (Å²) in [6, 6.07) is 0. The zero-order valence-corrected chi connectivity index (χ0v) is 12.3. The lowest BCUT2D eigenvalue weighted by molar-refractivity contribution is -0.120. The average molecular weight is 268 g/mol. The number of rotatable bonds is 8. The second-order valence-corrected chi connectivity index (χ2v) is 5.63. The van der Waals surface area contributed by atoms with E-state index >= 15 is 0 Å². The number of allylic oxidation sites excluding steroid dienone is 2. The van der Waals surface area contributed by atoms with Gasteiger partial charge in [0.2, 0.25) is 0 Å². The van der Waals surface area contributed by atoms with Crippen molar-refractivity contribution in [1.29, 1.82) is 0 Å². The standard InChI is InChI=1S/C16H28O3/c1-3-4-5-15(18)12-16(19-2)11-8-13-6-9-14(17)10-7-13/h3-4,13-14,16-17H,5-12H2,1-2H3/b4-3-/t13?,14?,16-/m1/s1. The highest BCUT2D eigenvalue weighted by Crippen LogP contribution is 2.28. The molecule has 1 aliphatic carbocycles. The summed E-state index contributed by atoms with van der Waals surface area (Å²) in [5.41, 5.74) is 0. The van der Waals surface area contributed by atoms with Crippen molar-refractivity contribution in [1.82, 2.24) is 0 Å². The summed E-state index contributed by atoms with van der Waals surface area (Å²) >= 11 is 0. The van der Waals surface area contributed by atoms with E-state index in [0.717, 1.165) is 38.5 Å². The van der Waals surface area contributed by atoms with Gasteiger partial charge in [0.1, 0.15) is 5.78 Å². The van der Waals surface area contributed by atoms with Crippen LogP contribution in [-0.2, 0) is 9.53 Å². The van der Waals surface area contributed by atoms with Crippen molar-refractivity contribution in [3.63, 3.8) is 0 Å². The molecule has 1 aliphatic rings. The first-order valence-electron chi connectivity index (χ1n) is 7.49. The van der Waals surface area contributed by atoms with Crippen LogP contribution < -0.4 is 0 Å². The molecule has 1 saturated carbocycles. The number of Topliss-reactive ketones (excluding diaryl/α,β-unsaturated/α-hetero) is 1. The van der Waals surface area contributed by atoms with Crippen LogP contribution in [0.2, 0.25) is 0 Å². The molecule has 1 fully saturated rings. The first-order valence-corrected chi connectivity index (χ1v) is 7.49. The van der Waals surface area contributed by atoms with Gasteiger partial charge in [0.05, 0.1) is 12.2 Å². The van der Waals surface area contributed by atoms with Crippen molar-refractivity contribution in [3.05, 3.63) is 12.2 Å². The van der Waals surface area contributed by atoms with Gasteiger partial charge in [-0.25, -0.2) is 0 Å². The second kappa shape index (κ2) is 9.27. The molecule has 1 N–H and O–H groups in total. The van der Waals surface area contributed by atoms with E-state index in [1.807, 2.05) is 19.1 Å². The normalized spacial score (nSPS) is 25.6. The molecule has 110 valence electrons. The highest BCUT2D eigenvalue weighted by Gasteiger charge is 2.21. The molecule has 0 aromatic carbocycles. The Bertz CT molecular complexity index is 278. The third-order valence-corrected chi connectivity index (χ3v) is 4.08. The maximum atomic E-state index is 11.7. The van der Waals surface area contributed by atoms with Crippen LogP contribution >= 0.6 is 0 Å². The van der Waals surface area contributed by atoms with Crippen LogP contribution in [0.15, 0.2) is 12.2 Å². The average Bonchev–Trinajstić information content (AvgIpc) is 2.42. The molecule has 0 aromatic rings. The van der Waals surface area contributed by atoms with Crippen LogP contribution in [0.1, 0.15) is 58.3 Å². The molecule has 0 heterocycles. The predicted octanol–water partition coefficient (Wildman–Crippen LogP) is 3.26. The van der Waals surface area contributed by atoms with Crippen LogP contribution in [0, 0.1) is 5.92 Å². The van der Waals surface area contributed by atoms with Gasteiger partial charge in [0, 0.05) is 20.0 Å². The molecule has 0 aromatic heterocycles. The van der Waals surface area contributed by atoms with Gasteiger partial charge in [-0.2, -0.15) is 0 Å². The Hall–Kier alpha value is -0.670. The SMILES string of the molecule is C/C=C\CC(=O)C[C@@H](CCC1CCC(O)CC1)OC. The van der Waals surface area contributed by atoms with Crippen molar-refractivity contribution >= 4 is 5.78 Å². The number of aliphatic hydroxyl groups is 1. The molecule has 3 nitrogen and oxygen atoms in total. The first kappa shape index (κ1) is 16.4. The van der Waals surface area contributed by atoms with E-state index in [2.05, 4.69) is 0 Å². The smallest absolute Gasteiger partial charge is 0.139 e. The van der Waals surface area contributed by atoms with E-state index in [0.29, 0.717) is 18.8 Å². The lowest BCUT2D eigenvalue weighted by Crippen LogP contribution is -2.21. The summed E-state index contributed by atoms with van der Waals surface area (Å²) in [6.07, 6.45) is 11.0. The summed E-state index contributed by atoms with van der Waals surface area (Å²) in [7, 11) is 1.69. The number of ketones is 1. The highest BCUT2D eigenvalue weighted by molar-refractivity contribution is 5.80. The monoisotopic (exact) mass is 268 g/mol. The number of methoxy groups -OCH3 is 1. The number of carbonyl (C=O) groups excluding carboxylic acids is 1. The van der Waals surface area contributed by atoms with Crippen molar-refractivity contribution < 1.29 is 14.6 Å². The fraction of sp³-hybridized carbons (Fsp3) is 0.812. The maximum Gasteiger partial charge on any atom is 0.139 e. The second-order valence-electron chi connectivity index (χ2n) is 5.63. The molecule has 19 heavy (non-hydrogen) atoms. The third-order valence-electron chi connectivity index (χ3n) is 4.08. The minimum atomic E-state index is -0.0862. The Kier molecular flexibility index (Phi) is 7.99. The molecule has 0 radical (unpaired) electrons. The van der Waals surface area contributed by atoms with E-state index in [9.17, 15) is 9.90 Å². The number of aliphatic hydroxyl groups excluding tert-OH is 1. The fourth-order valence-corrected chi connectivity index (χ4v) is 2.74. The molecule has 0 saturated heterocycles. The molecule has 0 aliphatic heterocycles. The number of hydrogen-bond donors (Lipinski definition) is 1. The van der Waals surface area contributed by atoms with Gasteiger partial charge in [-0.05, 0) is 51.4 Å². The van der Waals surface area contributed by atoms with Gasteiger partial charge in [0.15, 0.2) is 0 Å². The van der Waals surface area contributed by atoms with Crippen LogP contribution in [0.3, 0.4) is 0 Å². The zero-order chi connectivity index (χ0) is 14.1. The van der Waals surface area contributed by atoms with Crippen LogP contribution in [0.4, 0.5) is 0 Å². The lowest BCUT2D eigenvalue weighted by Gasteiger charge is -2.26. The molecular weight excluding hydrogens is 240 g/mol. The molecule has 1 atom stereocenters. The van der Waals surface area contributed by atoms with Crippen molar-refractivity contribution in [2.45, 2.75) is 70.5 Å². The summed E-state index contributed by atoms with van der Waals surface area (Å²) in [4.78, 5) is 11.7. The van der Waals surface area contributed by atoms with Crippen molar-refractivity contribution in [2.24, 2.45) is 5.92 Å².